The van der Waals surface area contributed by atoms with Gasteiger partial charge in [0.1, 0.15) is 18.5 Å². The van der Waals surface area contributed by atoms with Crippen LogP contribution in [0.5, 0.6) is 5.75 Å². The molecule has 1 atom stereocenters. The molecule has 3 N–H and O–H groups in total. The summed E-state index contributed by atoms with van der Waals surface area (Å²) in [7, 11) is 0. The number of nitrogens with zero attached hydrogens (tertiary/aromatic N) is 1. The molecule has 1 aromatic rings. The minimum atomic E-state index is -0.655. The van der Waals surface area contributed by atoms with Crippen molar-refractivity contribution >= 4 is 12.4 Å². The Morgan fingerprint density at radius 2 is 1.75 bits per heavy atom. The van der Waals surface area contributed by atoms with Crippen molar-refractivity contribution in [2.45, 2.75) is 13.0 Å². The van der Waals surface area contributed by atoms with Gasteiger partial charge in [0.05, 0.1) is 13.2 Å². The number of aliphatic hydroxyl groups is 3. The van der Waals surface area contributed by atoms with E-state index in [4.69, 9.17) is 14.9 Å². The molecule has 0 aliphatic carbocycles. The summed E-state index contributed by atoms with van der Waals surface area (Å²) in [5, 5.41) is 27.7. The van der Waals surface area contributed by atoms with E-state index in [1.54, 1.807) is 4.90 Å². The number of para-hydroxylation sites is 1. The summed E-state index contributed by atoms with van der Waals surface area (Å²) in [6, 6.07) is 7.63. The Kier molecular flexibility index (Phi) is 10.4. The maximum Gasteiger partial charge on any atom is 0.122 e. The van der Waals surface area contributed by atoms with Crippen LogP contribution in [0.3, 0.4) is 0 Å². The van der Waals surface area contributed by atoms with Gasteiger partial charge in [0.2, 0.25) is 0 Å². The average molecular weight is 306 g/mol. The van der Waals surface area contributed by atoms with Gasteiger partial charge in [-0.15, -0.1) is 12.4 Å². The molecule has 6 heteroatoms. The first-order chi connectivity index (χ1) is 9.17. The fraction of sp³-hybridized carbons (Fsp3) is 0.571. The van der Waals surface area contributed by atoms with Crippen molar-refractivity contribution in [2.75, 3.05) is 39.5 Å². The van der Waals surface area contributed by atoms with Crippen molar-refractivity contribution in [1.82, 2.24) is 4.90 Å². The zero-order valence-electron chi connectivity index (χ0n) is 11.7. The van der Waals surface area contributed by atoms with Crippen LogP contribution < -0.4 is 4.74 Å². The molecule has 0 radical (unpaired) electrons. The zero-order valence-corrected chi connectivity index (χ0v) is 12.6. The standard InChI is InChI=1S/C14H23NO4.ClH/c1-12-4-2-3-5-14(12)19-11-13(18)10-15(6-8-16)7-9-17;/h2-5,13,16-18H,6-11H2,1H3;1H. The average Bonchev–Trinajstić information content (AvgIpc) is 2.38. The lowest BCUT2D eigenvalue weighted by Crippen LogP contribution is -2.38. The molecule has 116 valence electrons. The van der Waals surface area contributed by atoms with E-state index in [-0.39, 0.29) is 32.2 Å². The molecule has 0 bridgehead atoms. The summed E-state index contributed by atoms with van der Waals surface area (Å²) >= 11 is 0. The lowest BCUT2D eigenvalue weighted by atomic mass is 10.2. The van der Waals surface area contributed by atoms with Gasteiger partial charge in [-0.2, -0.15) is 0 Å². The van der Waals surface area contributed by atoms with Crippen LogP contribution in [-0.4, -0.2) is 65.8 Å². The van der Waals surface area contributed by atoms with E-state index >= 15 is 0 Å². The van der Waals surface area contributed by atoms with Crippen LogP contribution in [0, 0.1) is 6.92 Å². The van der Waals surface area contributed by atoms with Crippen LogP contribution in [0.15, 0.2) is 24.3 Å². The van der Waals surface area contributed by atoms with Crippen LogP contribution in [0.1, 0.15) is 5.56 Å². The lowest BCUT2D eigenvalue weighted by Gasteiger charge is -2.23. The Labute approximate surface area is 126 Å². The summed E-state index contributed by atoms with van der Waals surface area (Å²) in [6.07, 6.45) is -0.655. The lowest BCUT2D eigenvalue weighted by molar-refractivity contribution is 0.0550. The number of benzene rings is 1. The molecular formula is C14H24ClNO4. The minimum Gasteiger partial charge on any atom is -0.491 e. The van der Waals surface area contributed by atoms with E-state index < -0.39 is 6.10 Å². The van der Waals surface area contributed by atoms with Gasteiger partial charge < -0.3 is 20.1 Å². The highest BCUT2D eigenvalue weighted by Gasteiger charge is 2.12. The third kappa shape index (κ3) is 7.07. The maximum atomic E-state index is 9.90. The Morgan fingerprint density at radius 1 is 1.15 bits per heavy atom. The van der Waals surface area contributed by atoms with Crippen LogP contribution in [0.4, 0.5) is 0 Å². The minimum absolute atomic E-state index is 0. The monoisotopic (exact) mass is 305 g/mol. The molecule has 0 saturated heterocycles. The molecule has 1 rings (SSSR count). The first-order valence-corrected chi connectivity index (χ1v) is 6.48. The molecule has 1 unspecified atom stereocenters. The molecule has 1 aromatic carbocycles. The van der Waals surface area contributed by atoms with Crippen molar-refractivity contribution in [3.63, 3.8) is 0 Å². The number of hydrogen-bond donors (Lipinski definition) is 3. The third-order valence-electron chi connectivity index (χ3n) is 2.83. The van der Waals surface area contributed by atoms with Gasteiger partial charge in [-0.25, -0.2) is 0 Å². The van der Waals surface area contributed by atoms with Gasteiger partial charge in [-0.3, -0.25) is 4.90 Å². The zero-order chi connectivity index (χ0) is 14.1. The molecule has 0 aliphatic rings. The first-order valence-electron chi connectivity index (χ1n) is 6.48. The van der Waals surface area contributed by atoms with Gasteiger partial charge in [-0.1, -0.05) is 18.2 Å². The third-order valence-corrected chi connectivity index (χ3v) is 2.83. The molecular weight excluding hydrogens is 282 g/mol. The van der Waals surface area contributed by atoms with Crippen molar-refractivity contribution in [3.05, 3.63) is 29.8 Å². The number of halogens is 1. The van der Waals surface area contributed by atoms with Crippen LogP contribution >= 0.6 is 12.4 Å². The summed E-state index contributed by atoms with van der Waals surface area (Å²) < 4.78 is 5.55. The molecule has 20 heavy (non-hydrogen) atoms. The molecule has 5 nitrogen and oxygen atoms in total. The number of aliphatic hydroxyl groups excluding tert-OH is 3. The number of ether oxygens (including phenoxy) is 1. The summed E-state index contributed by atoms with van der Waals surface area (Å²) in [4.78, 5) is 1.80. The maximum absolute atomic E-state index is 9.90. The largest absolute Gasteiger partial charge is 0.491 e. The number of hydrogen-bond acceptors (Lipinski definition) is 5. The SMILES string of the molecule is Cc1ccccc1OCC(O)CN(CCO)CCO.Cl. The normalized spacial score (nSPS) is 12.1. The molecule has 0 amide bonds. The molecule has 0 aliphatic heterocycles. The molecule has 0 saturated carbocycles. The van der Waals surface area contributed by atoms with Crippen molar-refractivity contribution in [3.8, 4) is 5.75 Å². The van der Waals surface area contributed by atoms with E-state index in [2.05, 4.69) is 0 Å². The van der Waals surface area contributed by atoms with E-state index in [1.165, 1.54) is 0 Å². The second-order valence-corrected chi connectivity index (χ2v) is 4.48. The van der Waals surface area contributed by atoms with Crippen molar-refractivity contribution in [1.29, 1.82) is 0 Å². The van der Waals surface area contributed by atoms with Crippen LogP contribution in [0.25, 0.3) is 0 Å². The molecule has 0 heterocycles. The molecule has 0 fully saturated rings. The van der Waals surface area contributed by atoms with Crippen molar-refractivity contribution in [2.24, 2.45) is 0 Å². The molecule has 0 spiro atoms. The second kappa shape index (κ2) is 10.9. The molecule has 0 aromatic heterocycles. The fourth-order valence-corrected chi connectivity index (χ4v) is 1.83. The van der Waals surface area contributed by atoms with Gasteiger partial charge in [0.15, 0.2) is 0 Å². The second-order valence-electron chi connectivity index (χ2n) is 4.48. The Morgan fingerprint density at radius 3 is 2.30 bits per heavy atom. The predicted octanol–water partition coefficient (Wildman–Crippen LogP) is 0.443. The smallest absolute Gasteiger partial charge is 0.122 e. The summed E-state index contributed by atoms with van der Waals surface area (Å²) in [5.41, 5.74) is 1.03. The topological polar surface area (TPSA) is 73.2 Å². The van der Waals surface area contributed by atoms with Crippen LogP contribution in [0.2, 0.25) is 0 Å². The highest BCUT2D eigenvalue weighted by Crippen LogP contribution is 2.16. The highest BCUT2D eigenvalue weighted by molar-refractivity contribution is 5.85. The Bertz CT molecular complexity index is 359. The predicted molar refractivity (Wildman–Crippen MR) is 80.5 cm³/mol. The van der Waals surface area contributed by atoms with Crippen LogP contribution in [-0.2, 0) is 0 Å². The number of aryl methyl sites for hydroxylation is 1. The van der Waals surface area contributed by atoms with E-state index in [9.17, 15) is 5.11 Å². The van der Waals surface area contributed by atoms with Gasteiger partial charge in [-0.05, 0) is 18.6 Å². The van der Waals surface area contributed by atoms with Crippen molar-refractivity contribution < 1.29 is 20.1 Å². The van der Waals surface area contributed by atoms with E-state index in [1.807, 2.05) is 31.2 Å². The quantitative estimate of drug-likeness (QED) is 0.617. The van der Waals surface area contributed by atoms with E-state index in [0.717, 1.165) is 11.3 Å². The van der Waals surface area contributed by atoms with E-state index in [0.29, 0.717) is 19.6 Å². The number of rotatable bonds is 9. The first kappa shape index (κ1) is 19.1. The summed E-state index contributed by atoms with van der Waals surface area (Å²) in [6.45, 7) is 3.39. The Hall–Kier alpha value is -0.850. The summed E-state index contributed by atoms with van der Waals surface area (Å²) in [5.74, 6) is 0.761. The van der Waals surface area contributed by atoms with Gasteiger partial charge in [0, 0.05) is 19.6 Å². The fourth-order valence-electron chi connectivity index (χ4n) is 1.83. The Balaban J connectivity index is 0.00000361. The van der Waals surface area contributed by atoms with Gasteiger partial charge in [0.25, 0.3) is 0 Å². The highest BCUT2D eigenvalue weighted by atomic mass is 35.5. The van der Waals surface area contributed by atoms with Gasteiger partial charge >= 0.3 is 0 Å².